The smallest absolute Gasteiger partial charge is 0.140 e. The average Bonchev–Trinajstić information content (AvgIpc) is 3.64. The second kappa shape index (κ2) is 12.5. The Morgan fingerprint density at radius 1 is 1.13 bits per heavy atom. The van der Waals surface area contributed by atoms with Gasteiger partial charge in [0.15, 0.2) is 0 Å². The summed E-state index contributed by atoms with van der Waals surface area (Å²) >= 11 is 0. The van der Waals surface area contributed by atoms with Crippen LogP contribution in [0.15, 0.2) is 72.4 Å². The summed E-state index contributed by atoms with van der Waals surface area (Å²) in [7, 11) is 1.73. The molecule has 0 bridgehead atoms. The topological polar surface area (TPSA) is 106 Å². The number of hydrogen-bond acceptors (Lipinski definition) is 8. The summed E-state index contributed by atoms with van der Waals surface area (Å²) in [5.41, 5.74) is 11.3. The van der Waals surface area contributed by atoms with Crippen LogP contribution >= 0.6 is 0 Å². The van der Waals surface area contributed by atoms with Gasteiger partial charge in [-0.05, 0) is 56.5 Å². The number of likely N-dealkylation sites (tertiary alicyclic amines) is 1. The van der Waals surface area contributed by atoms with Crippen LogP contribution in [0.4, 0.5) is 5.82 Å². The molecule has 5 rings (SSSR count). The van der Waals surface area contributed by atoms with Crippen LogP contribution < -0.4 is 15.8 Å². The van der Waals surface area contributed by atoms with Crippen LogP contribution in [-0.4, -0.2) is 63.8 Å². The first-order valence-electron chi connectivity index (χ1n) is 13.5. The maximum absolute atomic E-state index is 6.00. The van der Waals surface area contributed by atoms with Crippen molar-refractivity contribution in [3.63, 3.8) is 0 Å². The van der Waals surface area contributed by atoms with E-state index >= 15 is 0 Å². The molecule has 3 aromatic heterocycles. The molecule has 1 atom stereocenters. The van der Waals surface area contributed by atoms with Gasteiger partial charge < -0.3 is 20.7 Å². The molecular formula is C30H36N8O. The number of imidazole rings is 1. The Bertz CT molecular complexity index is 1440. The SMILES string of the molecule is CN=C/C(=C\N)c1ccc(C(C)Nc2cc(-c3cnc4cc(OCCCN5CCCC5)ccn34)ncn2)cc1. The lowest BCUT2D eigenvalue weighted by molar-refractivity contribution is 0.263. The lowest BCUT2D eigenvalue weighted by Crippen LogP contribution is -2.21. The fraction of sp³-hybridized carbons (Fsp3) is 0.333. The van der Waals surface area contributed by atoms with E-state index in [0.717, 1.165) is 58.3 Å². The van der Waals surface area contributed by atoms with Gasteiger partial charge in [-0.25, -0.2) is 15.0 Å². The maximum Gasteiger partial charge on any atom is 0.140 e. The summed E-state index contributed by atoms with van der Waals surface area (Å²) < 4.78 is 8.02. The molecule has 39 heavy (non-hydrogen) atoms. The first-order valence-corrected chi connectivity index (χ1v) is 13.5. The zero-order valence-corrected chi connectivity index (χ0v) is 22.6. The van der Waals surface area contributed by atoms with Crippen LogP contribution in [0.5, 0.6) is 5.75 Å². The molecule has 0 radical (unpaired) electrons. The lowest BCUT2D eigenvalue weighted by Gasteiger charge is -2.16. The summed E-state index contributed by atoms with van der Waals surface area (Å²) in [6.07, 6.45) is 12.4. The first-order chi connectivity index (χ1) is 19.1. The Hall–Kier alpha value is -4.24. The minimum absolute atomic E-state index is 0.0410. The number of anilines is 1. The van der Waals surface area contributed by atoms with Crippen molar-refractivity contribution in [1.82, 2.24) is 24.3 Å². The Morgan fingerprint density at radius 3 is 2.72 bits per heavy atom. The van der Waals surface area contributed by atoms with Gasteiger partial charge in [-0.1, -0.05) is 24.3 Å². The third-order valence-electron chi connectivity index (χ3n) is 7.06. The van der Waals surface area contributed by atoms with Crippen molar-refractivity contribution >= 4 is 23.3 Å². The van der Waals surface area contributed by atoms with E-state index in [2.05, 4.69) is 49.2 Å². The largest absolute Gasteiger partial charge is 0.493 e. The van der Waals surface area contributed by atoms with E-state index in [1.165, 1.54) is 25.9 Å². The molecule has 1 saturated heterocycles. The third kappa shape index (κ3) is 6.43. The molecule has 0 saturated carbocycles. The van der Waals surface area contributed by atoms with Gasteiger partial charge in [-0.2, -0.15) is 0 Å². The minimum atomic E-state index is 0.0410. The molecule has 4 heterocycles. The normalized spacial score (nSPS) is 15.3. The van der Waals surface area contributed by atoms with Gasteiger partial charge in [-0.15, -0.1) is 0 Å². The number of aromatic nitrogens is 4. The number of rotatable bonds is 11. The summed E-state index contributed by atoms with van der Waals surface area (Å²) in [5.74, 6) is 1.58. The molecule has 3 N–H and O–H groups in total. The summed E-state index contributed by atoms with van der Waals surface area (Å²) in [6, 6.07) is 14.2. The highest BCUT2D eigenvalue weighted by Gasteiger charge is 2.13. The highest BCUT2D eigenvalue weighted by atomic mass is 16.5. The summed E-state index contributed by atoms with van der Waals surface area (Å²) in [4.78, 5) is 20.1. The Morgan fingerprint density at radius 2 is 1.95 bits per heavy atom. The second-order valence-electron chi connectivity index (χ2n) is 9.77. The van der Waals surface area contributed by atoms with Crippen molar-refractivity contribution in [2.75, 3.05) is 38.6 Å². The number of benzene rings is 1. The standard InChI is InChI=1S/C30H36N8O/c1-22(23-6-8-24(9-7-23)25(18-31)19-32-2)36-29-17-27(34-21-35-29)28-20-33-30-16-26(10-14-38(28)30)39-15-5-13-37-11-3-4-12-37/h6-10,14,16-22H,3-5,11-13,15,31H2,1-2H3,(H,34,35,36)/b25-18+,32-19?. The molecule has 0 aliphatic carbocycles. The zero-order chi connectivity index (χ0) is 27.0. The van der Waals surface area contributed by atoms with Gasteiger partial charge in [0.05, 0.1) is 24.2 Å². The van der Waals surface area contributed by atoms with Crippen molar-refractivity contribution < 1.29 is 4.74 Å². The molecule has 0 spiro atoms. The van der Waals surface area contributed by atoms with E-state index in [1.807, 2.05) is 47.1 Å². The molecule has 0 amide bonds. The summed E-state index contributed by atoms with van der Waals surface area (Å²) in [5, 5.41) is 3.48. The predicted octanol–water partition coefficient (Wildman–Crippen LogP) is 4.83. The molecule has 9 nitrogen and oxygen atoms in total. The minimum Gasteiger partial charge on any atom is -0.493 e. The van der Waals surface area contributed by atoms with E-state index in [9.17, 15) is 0 Å². The highest BCUT2D eigenvalue weighted by molar-refractivity contribution is 6.09. The van der Waals surface area contributed by atoms with Crippen LogP contribution in [0.3, 0.4) is 0 Å². The van der Waals surface area contributed by atoms with Crippen LogP contribution in [0, 0.1) is 0 Å². The number of ether oxygens (including phenoxy) is 1. The van der Waals surface area contributed by atoms with Gasteiger partial charge in [-0.3, -0.25) is 9.39 Å². The molecule has 202 valence electrons. The molecule has 1 unspecified atom stereocenters. The van der Waals surface area contributed by atoms with E-state index in [-0.39, 0.29) is 6.04 Å². The maximum atomic E-state index is 6.00. The number of nitrogens with zero attached hydrogens (tertiary/aromatic N) is 6. The quantitative estimate of drug-likeness (QED) is 0.214. The van der Waals surface area contributed by atoms with Crippen LogP contribution in [-0.2, 0) is 0 Å². The molecule has 1 aromatic carbocycles. The third-order valence-corrected chi connectivity index (χ3v) is 7.06. The van der Waals surface area contributed by atoms with Crippen molar-refractivity contribution in [1.29, 1.82) is 0 Å². The van der Waals surface area contributed by atoms with Crippen molar-refractivity contribution in [2.24, 2.45) is 10.7 Å². The number of nitrogens with one attached hydrogen (secondary N) is 1. The van der Waals surface area contributed by atoms with Crippen LogP contribution in [0.25, 0.3) is 22.6 Å². The molecule has 1 fully saturated rings. The van der Waals surface area contributed by atoms with Crippen molar-refractivity contribution in [2.45, 2.75) is 32.2 Å². The molecule has 1 aliphatic rings. The zero-order valence-electron chi connectivity index (χ0n) is 22.6. The Balaban J connectivity index is 1.23. The molecule has 9 heteroatoms. The highest BCUT2D eigenvalue weighted by Crippen LogP contribution is 2.25. The molecular weight excluding hydrogens is 488 g/mol. The second-order valence-corrected chi connectivity index (χ2v) is 9.77. The fourth-order valence-electron chi connectivity index (χ4n) is 4.92. The van der Waals surface area contributed by atoms with E-state index in [0.29, 0.717) is 6.61 Å². The fourth-order valence-corrected chi connectivity index (χ4v) is 4.92. The molecule has 1 aliphatic heterocycles. The van der Waals surface area contributed by atoms with Gasteiger partial charge in [0.2, 0.25) is 0 Å². The first kappa shape index (κ1) is 26.4. The van der Waals surface area contributed by atoms with E-state index < -0.39 is 0 Å². The van der Waals surface area contributed by atoms with Crippen molar-refractivity contribution in [3.05, 3.63) is 78.5 Å². The number of nitrogens with two attached hydrogens (primary N) is 1. The van der Waals surface area contributed by atoms with Gasteiger partial charge >= 0.3 is 0 Å². The molecule has 4 aromatic rings. The van der Waals surface area contributed by atoms with Gasteiger partial charge in [0.25, 0.3) is 0 Å². The number of hydrogen-bond donors (Lipinski definition) is 2. The van der Waals surface area contributed by atoms with Gasteiger partial charge in [0, 0.05) is 56.0 Å². The van der Waals surface area contributed by atoms with Gasteiger partial charge in [0.1, 0.15) is 23.5 Å². The average molecular weight is 525 g/mol. The Labute approximate surface area is 229 Å². The number of aliphatic imine (C=N–C) groups is 1. The van der Waals surface area contributed by atoms with Crippen LogP contribution in [0.2, 0.25) is 0 Å². The number of pyridine rings is 1. The lowest BCUT2D eigenvalue weighted by atomic mass is 10.0. The van der Waals surface area contributed by atoms with Crippen LogP contribution in [0.1, 0.15) is 43.4 Å². The summed E-state index contributed by atoms with van der Waals surface area (Å²) in [6.45, 7) is 6.35. The predicted molar refractivity (Wildman–Crippen MR) is 157 cm³/mol. The van der Waals surface area contributed by atoms with E-state index in [1.54, 1.807) is 25.8 Å². The number of allylic oxidation sites excluding steroid dienone is 1. The van der Waals surface area contributed by atoms with Crippen molar-refractivity contribution in [3.8, 4) is 17.1 Å². The monoisotopic (exact) mass is 524 g/mol. The van der Waals surface area contributed by atoms with E-state index in [4.69, 9.17) is 10.5 Å². The Kier molecular flexibility index (Phi) is 8.48. The number of fused-ring (bicyclic) bond motifs is 1.